The third-order valence-electron chi connectivity index (χ3n) is 13.4. The number of hydrogen-bond donors (Lipinski definition) is 0. The lowest BCUT2D eigenvalue weighted by molar-refractivity contribution is 0.660. The second-order valence-corrected chi connectivity index (χ2v) is 17.4. The number of hydrogen-bond acceptors (Lipinski definition) is 1. The highest BCUT2D eigenvalue weighted by molar-refractivity contribution is 6.09. The molecule has 0 saturated carbocycles. The molecular formula is C61H44N2. The van der Waals surface area contributed by atoms with Crippen molar-refractivity contribution in [2.75, 3.05) is 4.90 Å². The van der Waals surface area contributed by atoms with Gasteiger partial charge in [0.1, 0.15) is 0 Å². The van der Waals surface area contributed by atoms with Gasteiger partial charge in [0.25, 0.3) is 0 Å². The summed E-state index contributed by atoms with van der Waals surface area (Å²) in [4.78, 5) is 2.44. The lowest BCUT2D eigenvalue weighted by Gasteiger charge is -2.29. The van der Waals surface area contributed by atoms with Crippen LogP contribution in [0.3, 0.4) is 0 Å². The fraction of sp³-hybridized carbons (Fsp3) is 0.0492. The predicted molar refractivity (Wildman–Crippen MR) is 267 cm³/mol. The minimum absolute atomic E-state index is 0.240. The largest absolute Gasteiger partial charge is 0.310 e. The standard InChI is InChI=1S/C61H44N2/c1-61(2)57-39-51(32-34-53(57)54-35-33-52(40-58(54)61)63-59-24-10-8-22-55(59)56-23-9-11-25-60(56)63)62(50-21-13-19-47(38-50)48-31-30-42-16-6-7-17-45(42)36-48)49-20-12-18-46(37-49)44-28-26-43(27-29-44)41-14-4-3-5-15-41/h3-40H,1-2H3. The number of aromatic nitrogens is 1. The van der Waals surface area contributed by atoms with Gasteiger partial charge in [-0.1, -0.05) is 178 Å². The van der Waals surface area contributed by atoms with Gasteiger partial charge in [0.05, 0.1) is 11.0 Å². The van der Waals surface area contributed by atoms with Gasteiger partial charge in [0.15, 0.2) is 0 Å². The van der Waals surface area contributed by atoms with Gasteiger partial charge in [-0.25, -0.2) is 0 Å². The summed E-state index contributed by atoms with van der Waals surface area (Å²) in [6, 6.07) is 84.7. The van der Waals surface area contributed by atoms with Crippen molar-refractivity contribution in [3.8, 4) is 50.2 Å². The lowest BCUT2D eigenvalue weighted by atomic mass is 9.82. The van der Waals surface area contributed by atoms with E-state index in [4.69, 9.17) is 0 Å². The highest BCUT2D eigenvalue weighted by Crippen LogP contribution is 2.52. The lowest BCUT2D eigenvalue weighted by Crippen LogP contribution is -2.17. The molecule has 0 bridgehead atoms. The van der Waals surface area contributed by atoms with Crippen LogP contribution in [-0.4, -0.2) is 4.57 Å². The van der Waals surface area contributed by atoms with E-state index < -0.39 is 0 Å². The molecule has 1 aromatic heterocycles. The van der Waals surface area contributed by atoms with Crippen molar-refractivity contribution in [2.24, 2.45) is 0 Å². The van der Waals surface area contributed by atoms with E-state index in [0.717, 1.165) is 17.1 Å². The topological polar surface area (TPSA) is 8.17 Å². The second kappa shape index (κ2) is 14.6. The van der Waals surface area contributed by atoms with Crippen LogP contribution in [0.2, 0.25) is 0 Å². The highest BCUT2D eigenvalue weighted by Gasteiger charge is 2.36. The molecule has 10 aromatic carbocycles. The van der Waals surface area contributed by atoms with Gasteiger partial charge >= 0.3 is 0 Å². The monoisotopic (exact) mass is 804 g/mol. The van der Waals surface area contributed by atoms with Crippen molar-refractivity contribution in [3.63, 3.8) is 0 Å². The van der Waals surface area contributed by atoms with Gasteiger partial charge in [0.2, 0.25) is 0 Å². The molecule has 0 amide bonds. The Hall–Kier alpha value is -7.94. The van der Waals surface area contributed by atoms with Gasteiger partial charge in [-0.15, -0.1) is 0 Å². The summed E-state index contributed by atoms with van der Waals surface area (Å²) < 4.78 is 2.43. The Morgan fingerprint density at radius 3 is 1.49 bits per heavy atom. The Balaban J connectivity index is 0.977. The Morgan fingerprint density at radius 1 is 0.333 bits per heavy atom. The fourth-order valence-corrected chi connectivity index (χ4v) is 10.1. The molecular weight excluding hydrogens is 761 g/mol. The van der Waals surface area contributed by atoms with E-state index in [9.17, 15) is 0 Å². The minimum Gasteiger partial charge on any atom is -0.310 e. The van der Waals surface area contributed by atoms with Crippen molar-refractivity contribution < 1.29 is 0 Å². The van der Waals surface area contributed by atoms with Crippen molar-refractivity contribution in [2.45, 2.75) is 19.3 Å². The average Bonchev–Trinajstić information content (AvgIpc) is 3.79. The van der Waals surface area contributed by atoms with Gasteiger partial charge in [-0.2, -0.15) is 0 Å². The fourth-order valence-electron chi connectivity index (χ4n) is 10.1. The maximum absolute atomic E-state index is 2.44. The summed E-state index contributed by atoms with van der Waals surface area (Å²) >= 11 is 0. The summed E-state index contributed by atoms with van der Waals surface area (Å²) in [6.45, 7) is 4.78. The Bertz CT molecular complexity index is 3480. The molecule has 11 aromatic rings. The molecule has 0 fully saturated rings. The van der Waals surface area contributed by atoms with Crippen LogP contribution in [0.5, 0.6) is 0 Å². The quantitative estimate of drug-likeness (QED) is 0.156. The molecule has 12 rings (SSSR count). The maximum atomic E-state index is 2.44. The average molecular weight is 805 g/mol. The van der Waals surface area contributed by atoms with Gasteiger partial charge < -0.3 is 9.47 Å². The van der Waals surface area contributed by atoms with E-state index in [2.05, 4.69) is 254 Å². The highest BCUT2D eigenvalue weighted by atomic mass is 15.1. The summed E-state index contributed by atoms with van der Waals surface area (Å²) in [5.74, 6) is 0. The molecule has 0 atom stereocenters. The van der Waals surface area contributed by atoms with Crippen LogP contribution in [-0.2, 0) is 5.41 Å². The van der Waals surface area contributed by atoms with Crippen LogP contribution < -0.4 is 4.90 Å². The Morgan fingerprint density at radius 2 is 0.810 bits per heavy atom. The minimum atomic E-state index is -0.240. The zero-order valence-electron chi connectivity index (χ0n) is 35.3. The number of rotatable bonds is 7. The first-order valence-electron chi connectivity index (χ1n) is 21.9. The first-order valence-corrected chi connectivity index (χ1v) is 21.9. The summed E-state index contributed by atoms with van der Waals surface area (Å²) in [7, 11) is 0. The first kappa shape index (κ1) is 36.9. The number of nitrogens with zero attached hydrogens (tertiary/aromatic N) is 2. The van der Waals surface area contributed by atoms with E-state index in [1.165, 1.54) is 93.9 Å². The molecule has 0 unspecified atom stereocenters. The van der Waals surface area contributed by atoms with E-state index >= 15 is 0 Å². The number of para-hydroxylation sites is 2. The van der Waals surface area contributed by atoms with Crippen LogP contribution in [0.15, 0.2) is 231 Å². The van der Waals surface area contributed by atoms with E-state index in [0.29, 0.717) is 0 Å². The number of anilines is 3. The van der Waals surface area contributed by atoms with E-state index in [1.54, 1.807) is 0 Å². The molecule has 0 radical (unpaired) electrons. The smallest absolute Gasteiger partial charge is 0.0541 e. The molecule has 0 N–H and O–H groups in total. The molecule has 2 heteroatoms. The van der Waals surface area contributed by atoms with Crippen LogP contribution >= 0.6 is 0 Å². The molecule has 1 aliphatic carbocycles. The molecule has 0 saturated heterocycles. The predicted octanol–water partition coefficient (Wildman–Crippen LogP) is 16.7. The van der Waals surface area contributed by atoms with Crippen LogP contribution in [0.25, 0.3) is 82.8 Å². The Labute approximate surface area is 368 Å². The third-order valence-corrected chi connectivity index (χ3v) is 13.4. The second-order valence-electron chi connectivity index (χ2n) is 17.4. The summed E-state index contributed by atoms with van der Waals surface area (Å²) in [5, 5.41) is 5.04. The summed E-state index contributed by atoms with van der Waals surface area (Å²) in [5.41, 5.74) is 19.2. The van der Waals surface area contributed by atoms with E-state index in [-0.39, 0.29) is 5.41 Å². The normalized spacial score (nSPS) is 12.7. The molecule has 63 heavy (non-hydrogen) atoms. The van der Waals surface area contributed by atoms with Gasteiger partial charge in [0, 0.05) is 38.9 Å². The van der Waals surface area contributed by atoms with E-state index in [1.807, 2.05) is 0 Å². The van der Waals surface area contributed by atoms with Gasteiger partial charge in [-0.3, -0.25) is 0 Å². The van der Waals surface area contributed by atoms with Crippen LogP contribution in [0.4, 0.5) is 17.1 Å². The van der Waals surface area contributed by atoms with Crippen LogP contribution in [0, 0.1) is 0 Å². The third kappa shape index (κ3) is 6.17. The number of benzene rings is 10. The maximum Gasteiger partial charge on any atom is 0.0541 e. The zero-order chi connectivity index (χ0) is 42.1. The zero-order valence-corrected chi connectivity index (χ0v) is 35.3. The van der Waals surface area contributed by atoms with Crippen molar-refractivity contribution in [3.05, 3.63) is 242 Å². The van der Waals surface area contributed by atoms with Crippen molar-refractivity contribution >= 4 is 49.6 Å². The molecule has 298 valence electrons. The number of fused-ring (bicyclic) bond motifs is 7. The molecule has 1 aliphatic rings. The van der Waals surface area contributed by atoms with Crippen molar-refractivity contribution in [1.82, 2.24) is 4.57 Å². The SMILES string of the molecule is CC1(C)c2cc(N(c3cccc(-c4ccc(-c5ccccc5)cc4)c3)c3cccc(-c4ccc5ccccc5c4)c3)ccc2-c2ccc(-n3c4ccccc4c4ccccc43)cc21. The van der Waals surface area contributed by atoms with Crippen LogP contribution in [0.1, 0.15) is 25.0 Å². The molecule has 0 spiro atoms. The molecule has 2 nitrogen and oxygen atoms in total. The van der Waals surface area contributed by atoms with Crippen molar-refractivity contribution in [1.29, 1.82) is 0 Å². The first-order chi connectivity index (χ1) is 31.0. The van der Waals surface area contributed by atoms with Gasteiger partial charge in [-0.05, 0) is 133 Å². The Kier molecular flexibility index (Phi) is 8.55. The summed E-state index contributed by atoms with van der Waals surface area (Å²) in [6.07, 6.45) is 0. The molecule has 0 aliphatic heterocycles. The molecule has 1 heterocycles.